The largest absolute Gasteiger partial charge is 0.481 e. The zero-order valence-electron chi connectivity index (χ0n) is 11.6. The van der Waals surface area contributed by atoms with E-state index in [-0.39, 0.29) is 23.7 Å². The van der Waals surface area contributed by atoms with Gasteiger partial charge in [0.05, 0.1) is 11.8 Å². The van der Waals surface area contributed by atoms with Crippen molar-refractivity contribution in [1.82, 2.24) is 0 Å². The van der Waals surface area contributed by atoms with Gasteiger partial charge < -0.3 is 10.2 Å². The van der Waals surface area contributed by atoms with Crippen molar-refractivity contribution in [3.05, 3.63) is 12.2 Å². The summed E-state index contributed by atoms with van der Waals surface area (Å²) >= 11 is 0. The van der Waals surface area contributed by atoms with Gasteiger partial charge in [-0.15, -0.1) is 0 Å². The van der Waals surface area contributed by atoms with E-state index in [4.69, 9.17) is 0 Å². The van der Waals surface area contributed by atoms with Crippen LogP contribution in [0, 0.1) is 35.5 Å². The van der Waals surface area contributed by atoms with Crippen LogP contribution in [0.15, 0.2) is 12.2 Å². The van der Waals surface area contributed by atoms with Gasteiger partial charge in [0.15, 0.2) is 0 Å². The average molecular weight is 278 g/mol. The molecule has 0 amide bonds. The molecule has 0 bridgehead atoms. The van der Waals surface area contributed by atoms with Crippen LogP contribution < -0.4 is 0 Å². The quantitative estimate of drug-likeness (QED) is 0.762. The number of carboxylic acid groups (broad SMARTS) is 2. The lowest BCUT2D eigenvalue weighted by molar-refractivity contribution is -0.140. The molecule has 0 aliphatic heterocycles. The van der Waals surface area contributed by atoms with Crippen molar-refractivity contribution in [2.24, 2.45) is 35.5 Å². The van der Waals surface area contributed by atoms with Gasteiger partial charge in [0.1, 0.15) is 0 Å². The third kappa shape index (κ3) is 2.48. The Balaban J connectivity index is 1.65. The number of hydrogen-bond donors (Lipinski definition) is 2. The minimum Gasteiger partial charge on any atom is -0.481 e. The molecule has 0 aromatic carbocycles. The second-order valence-electron chi connectivity index (χ2n) is 6.59. The van der Waals surface area contributed by atoms with Crippen molar-refractivity contribution in [2.45, 2.75) is 38.5 Å². The highest BCUT2D eigenvalue weighted by molar-refractivity contribution is 5.75. The highest BCUT2D eigenvalue weighted by Gasteiger charge is 2.57. The maximum Gasteiger partial charge on any atom is 0.307 e. The third-order valence-electron chi connectivity index (χ3n) is 5.57. The smallest absolute Gasteiger partial charge is 0.307 e. The van der Waals surface area contributed by atoms with Gasteiger partial charge in [-0.3, -0.25) is 9.59 Å². The van der Waals surface area contributed by atoms with Crippen molar-refractivity contribution in [1.29, 1.82) is 0 Å². The fraction of sp³-hybridized carbons (Fsp3) is 0.750. The second kappa shape index (κ2) is 5.23. The molecule has 20 heavy (non-hydrogen) atoms. The standard InChI is InChI=1S/C16H22O4/c17-15(18)13-9-5-3-1-2-4-6-10-12(8-7-11(9)13)14(10)16(19)20/h1-2,9-14H,3-8H2,(H,17,18)(H,19,20)/b2-1+/t9-,10-,11+,12+,13-,14+/m1/s1. The Bertz CT molecular complexity index is 402. The Morgan fingerprint density at radius 2 is 1.05 bits per heavy atom. The maximum absolute atomic E-state index is 11.2. The Kier molecular flexibility index (Phi) is 3.57. The van der Waals surface area contributed by atoms with Gasteiger partial charge in [0.2, 0.25) is 0 Å². The first kappa shape index (κ1) is 13.7. The van der Waals surface area contributed by atoms with E-state index in [1.807, 2.05) is 0 Å². The number of rotatable bonds is 2. The van der Waals surface area contributed by atoms with E-state index in [9.17, 15) is 19.8 Å². The van der Waals surface area contributed by atoms with Crippen LogP contribution in [0.1, 0.15) is 38.5 Å². The zero-order valence-corrected chi connectivity index (χ0v) is 11.6. The summed E-state index contributed by atoms with van der Waals surface area (Å²) in [5.41, 5.74) is 0. The lowest BCUT2D eigenvalue weighted by Crippen LogP contribution is -2.02. The molecular weight excluding hydrogens is 256 g/mol. The first-order valence-electron chi connectivity index (χ1n) is 7.72. The predicted molar refractivity (Wildman–Crippen MR) is 73.1 cm³/mol. The zero-order chi connectivity index (χ0) is 14.3. The molecule has 3 rings (SSSR count). The molecule has 4 nitrogen and oxygen atoms in total. The number of aliphatic carboxylic acids is 2. The first-order chi connectivity index (χ1) is 9.61. The summed E-state index contributed by atoms with van der Waals surface area (Å²) in [4.78, 5) is 22.4. The van der Waals surface area contributed by atoms with E-state index in [1.165, 1.54) is 0 Å². The van der Waals surface area contributed by atoms with Crippen molar-refractivity contribution >= 4 is 11.9 Å². The molecule has 2 N–H and O–H groups in total. The number of allylic oxidation sites excluding steroid dienone is 2. The lowest BCUT2D eigenvalue weighted by atomic mass is 10.0. The lowest BCUT2D eigenvalue weighted by Gasteiger charge is -2.01. The third-order valence-corrected chi connectivity index (χ3v) is 5.57. The van der Waals surface area contributed by atoms with Crippen molar-refractivity contribution in [2.75, 3.05) is 0 Å². The van der Waals surface area contributed by atoms with E-state index in [0.29, 0.717) is 11.8 Å². The van der Waals surface area contributed by atoms with Crippen LogP contribution in [-0.2, 0) is 9.59 Å². The average Bonchev–Trinajstić information content (AvgIpc) is 3.22. The summed E-state index contributed by atoms with van der Waals surface area (Å²) < 4.78 is 0. The van der Waals surface area contributed by atoms with Gasteiger partial charge >= 0.3 is 11.9 Å². The molecule has 6 atom stereocenters. The number of fused-ring (bicyclic) bond motifs is 2. The summed E-state index contributed by atoms with van der Waals surface area (Å²) in [6, 6.07) is 0. The molecule has 2 fully saturated rings. The molecule has 0 aromatic rings. The number of carboxylic acids is 2. The Morgan fingerprint density at radius 1 is 0.700 bits per heavy atom. The van der Waals surface area contributed by atoms with Crippen molar-refractivity contribution < 1.29 is 19.8 Å². The Hall–Kier alpha value is -1.32. The van der Waals surface area contributed by atoms with Gasteiger partial charge in [0.25, 0.3) is 0 Å². The highest BCUT2D eigenvalue weighted by atomic mass is 16.4. The summed E-state index contributed by atoms with van der Waals surface area (Å²) in [7, 11) is 0. The second-order valence-corrected chi connectivity index (χ2v) is 6.59. The molecule has 3 aliphatic carbocycles. The van der Waals surface area contributed by atoms with E-state index >= 15 is 0 Å². The molecule has 110 valence electrons. The SMILES string of the molecule is O=C(O)[C@@H]1[C@@H]2CC/C=C/CC[C@@H]3[C@H](CC[C@@H]21)[C@H]3C(=O)O. The molecule has 0 radical (unpaired) electrons. The molecule has 4 heteroatoms. The molecule has 0 aromatic heterocycles. The van der Waals surface area contributed by atoms with Gasteiger partial charge in [-0.1, -0.05) is 12.2 Å². The van der Waals surface area contributed by atoms with Crippen LogP contribution >= 0.6 is 0 Å². The highest BCUT2D eigenvalue weighted by Crippen LogP contribution is 2.57. The molecular formula is C16H22O4. The summed E-state index contributed by atoms with van der Waals surface area (Å²) in [5, 5.41) is 18.4. The van der Waals surface area contributed by atoms with Crippen LogP contribution in [0.3, 0.4) is 0 Å². The predicted octanol–water partition coefficient (Wildman–Crippen LogP) is 2.79. The van der Waals surface area contributed by atoms with Crippen LogP contribution in [0.2, 0.25) is 0 Å². The summed E-state index contributed by atoms with van der Waals surface area (Å²) in [6.07, 6.45) is 9.94. The van der Waals surface area contributed by atoms with Gasteiger partial charge in [-0.25, -0.2) is 0 Å². The number of hydrogen-bond acceptors (Lipinski definition) is 2. The molecule has 0 unspecified atom stereocenters. The van der Waals surface area contributed by atoms with E-state index < -0.39 is 11.9 Å². The maximum atomic E-state index is 11.2. The normalized spacial score (nSPS) is 45.0. The fourth-order valence-corrected chi connectivity index (χ4v) is 4.40. The van der Waals surface area contributed by atoms with Gasteiger partial charge in [-0.2, -0.15) is 0 Å². The monoisotopic (exact) mass is 278 g/mol. The van der Waals surface area contributed by atoms with E-state index in [0.717, 1.165) is 38.5 Å². The topological polar surface area (TPSA) is 74.6 Å². The minimum absolute atomic E-state index is 0.176. The van der Waals surface area contributed by atoms with E-state index in [1.54, 1.807) is 0 Å². The molecule has 3 aliphatic rings. The summed E-state index contributed by atoms with van der Waals surface area (Å²) in [6.45, 7) is 0. The molecule has 0 heterocycles. The summed E-state index contributed by atoms with van der Waals surface area (Å²) in [5.74, 6) is -0.475. The van der Waals surface area contributed by atoms with Crippen LogP contribution in [-0.4, -0.2) is 22.2 Å². The van der Waals surface area contributed by atoms with Crippen molar-refractivity contribution in [3.8, 4) is 0 Å². The fourth-order valence-electron chi connectivity index (χ4n) is 4.40. The Labute approximate surface area is 118 Å². The van der Waals surface area contributed by atoms with Gasteiger partial charge in [0, 0.05) is 0 Å². The van der Waals surface area contributed by atoms with Crippen LogP contribution in [0.25, 0.3) is 0 Å². The minimum atomic E-state index is -0.666. The molecule has 0 saturated heterocycles. The first-order valence-corrected chi connectivity index (χ1v) is 7.72. The molecule has 2 saturated carbocycles. The molecule has 0 spiro atoms. The van der Waals surface area contributed by atoms with Crippen molar-refractivity contribution in [3.63, 3.8) is 0 Å². The Morgan fingerprint density at radius 3 is 1.40 bits per heavy atom. The van der Waals surface area contributed by atoms with E-state index in [2.05, 4.69) is 12.2 Å². The van der Waals surface area contributed by atoms with Gasteiger partial charge in [-0.05, 0) is 62.2 Å². The van der Waals surface area contributed by atoms with Crippen LogP contribution in [0.4, 0.5) is 0 Å². The van der Waals surface area contributed by atoms with Crippen LogP contribution in [0.5, 0.6) is 0 Å². The number of carbonyl (C=O) groups is 2.